The molecule has 0 aliphatic rings. The van der Waals surface area contributed by atoms with Crippen molar-refractivity contribution in [2.24, 2.45) is 0 Å². The quantitative estimate of drug-likeness (QED) is 0.653. The highest BCUT2D eigenvalue weighted by atomic mass is 16.5. The summed E-state index contributed by atoms with van der Waals surface area (Å²) in [7, 11) is 1.24. The van der Waals surface area contributed by atoms with Gasteiger partial charge in [-0.2, -0.15) is 0 Å². The summed E-state index contributed by atoms with van der Waals surface area (Å²) in [5.74, 6) is -1.16. The Kier molecular flexibility index (Phi) is 3.17. The molecule has 1 aromatic rings. The van der Waals surface area contributed by atoms with E-state index < -0.39 is 11.9 Å². The normalized spacial score (nSPS) is 9.29. The molecule has 0 saturated heterocycles. The van der Waals surface area contributed by atoms with Gasteiger partial charge in [-0.05, 0) is 12.1 Å². The van der Waals surface area contributed by atoms with Crippen LogP contribution in [0, 0.1) is 0 Å². The maximum Gasteiger partial charge on any atom is 0.343 e. The fourth-order valence-electron chi connectivity index (χ4n) is 0.874. The number of nitrogens with zero attached hydrogens (tertiary/aromatic N) is 1. The van der Waals surface area contributed by atoms with Crippen molar-refractivity contribution in [3.8, 4) is 5.88 Å². The Balaban J connectivity index is 3.02. The van der Waals surface area contributed by atoms with Crippen LogP contribution in [0.5, 0.6) is 5.88 Å². The van der Waals surface area contributed by atoms with Gasteiger partial charge in [0.05, 0.1) is 7.11 Å². The predicted octanol–water partition coefficient (Wildman–Crippen LogP) is 0.793. The average molecular weight is 195 g/mol. The van der Waals surface area contributed by atoms with E-state index in [-0.39, 0.29) is 11.4 Å². The molecule has 0 amide bonds. The summed E-state index contributed by atoms with van der Waals surface area (Å²) in [6, 6.07) is 3.02. The van der Waals surface area contributed by atoms with Crippen LogP contribution in [-0.4, -0.2) is 24.0 Å². The van der Waals surface area contributed by atoms with Crippen LogP contribution in [-0.2, 0) is 9.53 Å². The highest BCUT2D eigenvalue weighted by molar-refractivity contribution is 5.92. The van der Waals surface area contributed by atoms with Gasteiger partial charge in [0.25, 0.3) is 0 Å². The Labute approximate surface area is 80.7 Å². The molecule has 1 heterocycles. The smallest absolute Gasteiger partial charge is 0.343 e. The molecule has 0 saturated carbocycles. The molecule has 14 heavy (non-hydrogen) atoms. The predicted molar refractivity (Wildman–Crippen MR) is 46.9 cm³/mol. The number of carbonyl (C=O) groups excluding carboxylic acids is 2. The van der Waals surface area contributed by atoms with Gasteiger partial charge >= 0.3 is 11.9 Å². The van der Waals surface area contributed by atoms with Crippen molar-refractivity contribution in [2.75, 3.05) is 7.11 Å². The largest absolute Gasteiger partial charge is 0.465 e. The summed E-state index contributed by atoms with van der Waals surface area (Å²) >= 11 is 0. The van der Waals surface area contributed by atoms with Crippen LogP contribution < -0.4 is 4.74 Å². The van der Waals surface area contributed by atoms with Gasteiger partial charge in [-0.1, -0.05) is 0 Å². The number of carbonyl (C=O) groups is 2. The van der Waals surface area contributed by atoms with E-state index in [2.05, 4.69) is 9.72 Å². The third-order valence-corrected chi connectivity index (χ3v) is 1.42. The van der Waals surface area contributed by atoms with E-state index in [0.717, 1.165) is 0 Å². The van der Waals surface area contributed by atoms with Crippen LogP contribution in [0.3, 0.4) is 0 Å². The van der Waals surface area contributed by atoms with Crippen LogP contribution in [0.25, 0.3) is 0 Å². The van der Waals surface area contributed by atoms with Gasteiger partial charge < -0.3 is 9.47 Å². The lowest BCUT2D eigenvalue weighted by Gasteiger charge is -2.04. The number of aromatic nitrogens is 1. The van der Waals surface area contributed by atoms with Crippen LogP contribution in [0.1, 0.15) is 17.3 Å². The molecule has 5 nitrogen and oxygen atoms in total. The molecule has 0 spiro atoms. The van der Waals surface area contributed by atoms with E-state index in [1.807, 2.05) is 0 Å². The Bertz CT molecular complexity index is 362. The number of hydrogen-bond acceptors (Lipinski definition) is 5. The van der Waals surface area contributed by atoms with Crippen LogP contribution in [0.2, 0.25) is 0 Å². The number of pyridine rings is 1. The van der Waals surface area contributed by atoms with Gasteiger partial charge in [0.15, 0.2) is 0 Å². The monoisotopic (exact) mass is 195 g/mol. The van der Waals surface area contributed by atoms with Crippen molar-refractivity contribution in [3.05, 3.63) is 23.9 Å². The summed E-state index contributed by atoms with van der Waals surface area (Å²) in [4.78, 5) is 25.6. The molecule has 0 aliphatic heterocycles. The van der Waals surface area contributed by atoms with Crippen LogP contribution in [0.15, 0.2) is 18.3 Å². The first kappa shape index (κ1) is 10.2. The Morgan fingerprint density at radius 1 is 1.43 bits per heavy atom. The van der Waals surface area contributed by atoms with Crippen LogP contribution in [0.4, 0.5) is 0 Å². The van der Waals surface area contributed by atoms with Gasteiger partial charge in [0.1, 0.15) is 5.56 Å². The minimum Gasteiger partial charge on any atom is -0.465 e. The van der Waals surface area contributed by atoms with E-state index >= 15 is 0 Å². The third-order valence-electron chi connectivity index (χ3n) is 1.42. The van der Waals surface area contributed by atoms with Gasteiger partial charge in [0.2, 0.25) is 5.88 Å². The molecular weight excluding hydrogens is 186 g/mol. The SMILES string of the molecule is COC(=O)c1cccnc1OC(C)=O. The zero-order valence-electron chi connectivity index (χ0n) is 7.81. The fourth-order valence-corrected chi connectivity index (χ4v) is 0.874. The summed E-state index contributed by atoms with van der Waals surface area (Å²) in [5, 5.41) is 0. The molecule has 5 heteroatoms. The zero-order chi connectivity index (χ0) is 10.6. The van der Waals surface area contributed by atoms with E-state index in [1.165, 1.54) is 26.3 Å². The second kappa shape index (κ2) is 4.36. The van der Waals surface area contributed by atoms with Crippen molar-refractivity contribution in [3.63, 3.8) is 0 Å². The molecule has 0 atom stereocenters. The Morgan fingerprint density at radius 2 is 2.14 bits per heavy atom. The lowest BCUT2D eigenvalue weighted by Crippen LogP contribution is -2.10. The number of esters is 2. The van der Waals surface area contributed by atoms with Gasteiger partial charge in [0, 0.05) is 13.1 Å². The van der Waals surface area contributed by atoms with E-state index in [1.54, 1.807) is 6.07 Å². The number of hydrogen-bond donors (Lipinski definition) is 0. The highest BCUT2D eigenvalue weighted by Gasteiger charge is 2.14. The number of ether oxygens (including phenoxy) is 2. The topological polar surface area (TPSA) is 65.5 Å². The first-order valence-corrected chi connectivity index (χ1v) is 3.87. The summed E-state index contributed by atoms with van der Waals surface area (Å²) in [6.07, 6.45) is 1.42. The van der Waals surface area contributed by atoms with Gasteiger partial charge in [-0.25, -0.2) is 9.78 Å². The zero-order valence-corrected chi connectivity index (χ0v) is 7.81. The molecule has 0 bridgehead atoms. The molecule has 0 unspecified atom stereocenters. The molecule has 0 fully saturated rings. The summed E-state index contributed by atoms with van der Waals surface area (Å²) < 4.78 is 9.21. The van der Waals surface area contributed by atoms with Crippen molar-refractivity contribution >= 4 is 11.9 Å². The second-order valence-electron chi connectivity index (χ2n) is 2.44. The summed E-state index contributed by atoms with van der Waals surface area (Å²) in [5.41, 5.74) is 0.130. The highest BCUT2D eigenvalue weighted by Crippen LogP contribution is 2.15. The second-order valence-corrected chi connectivity index (χ2v) is 2.44. The molecule has 0 aliphatic carbocycles. The molecule has 1 aromatic heterocycles. The first-order valence-electron chi connectivity index (χ1n) is 3.87. The lowest BCUT2D eigenvalue weighted by atomic mass is 10.3. The Hall–Kier alpha value is -1.91. The van der Waals surface area contributed by atoms with E-state index in [9.17, 15) is 9.59 Å². The maximum absolute atomic E-state index is 11.2. The molecule has 0 N–H and O–H groups in total. The lowest BCUT2D eigenvalue weighted by molar-refractivity contribution is -0.132. The van der Waals surface area contributed by atoms with Gasteiger partial charge in [-0.15, -0.1) is 0 Å². The number of rotatable bonds is 2. The first-order chi connectivity index (χ1) is 6.65. The fraction of sp³-hybridized carbons (Fsp3) is 0.222. The maximum atomic E-state index is 11.2. The average Bonchev–Trinajstić information content (AvgIpc) is 2.16. The van der Waals surface area contributed by atoms with Gasteiger partial charge in [-0.3, -0.25) is 4.79 Å². The minimum absolute atomic E-state index is 0.0353. The van der Waals surface area contributed by atoms with Crippen molar-refractivity contribution in [1.82, 2.24) is 4.98 Å². The molecule has 0 aromatic carbocycles. The molecule has 74 valence electrons. The minimum atomic E-state index is -0.589. The van der Waals surface area contributed by atoms with Crippen LogP contribution >= 0.6 is 0 Å². The summed E-state index contributed by atoms with van der Waals surface area (Å²) in [6.45, 7) is 1.23. The molecule has 0 radical (unpaired) electrons. The molecule has 1 rings (SSSR count). The van der Waals surface area contributed by atoms with Crippen molar-refractivity contribution in [2.45, 2.75) is 6.92 Å². The standard InChI is InChI=1S/C9H9NO4/c1-6(11)14-8-7(9(12)13-2)4-3-5-10-8/h3-5H,1-2H3. The Morgan fingerprint density at radius 3 is 2.71 bits per heavy atom. The third kappa shape index (κ3) is 2.29. The van der Waals surface area contributed by atoms with E-state index in [0.29, 0.717) is 0 Å². The van der Waals surface area contributed by atoms with Crippen molar-refractivity contribution in [1.29, 1.82) is 0 Å². The molecular formula is C9H9NO4. The van der Waals surface area contributed by atoms with E-state index in [4.69, 9.17) is 4.74 Å². The van der Waals surface area contributed by atoms with Crippen molar-refractivity contribution < 1.29 is 19.1 Å². The number of methoxy groups -OCH3 is 1.